The summed E-state index contributed by atoms with van der Waals surface area (Å²) < 4.78 is 0. The maximum Gasteiger partial charge on any atom is 0.251 e. The lowest BCUT2D eigenvalue weighted by Gasteiger charge is -2.23. The number of allylic oxidation sites excluding steroid dienone is 1. The SMILES string of the molecule is Nc1ccc(Cl)cc1C1=CC(NC(=O)c2ccccc2)CCC1. The van der Waals surface area contributed by atoms with Gasteiger partial charge >= 0.3 is 0 Å². The normalized spacial score (nSPS) is 17.4. The third kappa shape index (κ3) is 3.74. The van der Waals surface area contributed by atoms with Gasteiger partial charge in [0.15, 0.2) is 0 Å². The van der Waals surface area contributed by atoms with Gasteiger partial charge in [0.05, 0.1) is 0 Å². The van der Waals surface area contributed by atoms with E-state index in [4.69, 9.17) is 17.3 Å². The highest BCUT2D eigenvalue weighted by molar-refractivity contribution is 6.30. The van der Waals surface area contributed by atoms with E-state index in [9.17, 15) is 4.79 Å². The molecule has 118 valence electrons. The maximum atomic E-state index is 12.3. The summed E-state index contributed by atoms with van der Waals surface area (Å²) in [6, 6.07) is 14.8. The number of nitrogens with one attached hydrogen (secondary N) is 1. The van der Waals surface area contributed by atoms with Crippen LogP contribution in [0.1, 0.15) is 35.2 Å². The van der Waals surface area contributed by atoms with E-state index in [1.807, 2.05) is 42.5 Å². The van der Waals surface area contributed by atoms with Gasteiger partial charge in [0.1, 0.15) is 0 Å². The van der Waals surface area contributed by atoms with Crippen molar-refractivity contribution in [1.82, 2.24) is 5.32 Å². The van der Waals surface area contributed by atoms with Crippen molar-refractivity contribution in [3.63, 3.8) is 0 Å². The van der Waals surface area contributed by atoms with Gasteiger partial charge in [-0.1, -0.05) is 35.9 Å². The molecule has 0 saturated heterocycles. The first-order valence-corrected chi connectivity index (χ1v) is 8.13. The Bertz CT molecular complexity index is 740. The number of anilines is 1. The second kappa shape index (κ2) is 6.88. The largest absolute Gasteiger partial charge is 0.398 e. The molecule has 1 unspecified atom stereocenters. The van der Waals surface area contributed by atoms with Crippen LogP contribution in [0.4, 0.5) is 5.69 Å². The molecule has 2 aromatic rings. The number of nitrogens with two attached hydrogens (primary N) is 1. The average Bonchev–Trinajstić information content (AvgIpc) is 2.58. The molecule has 0 radical (unpaired) electrons. The van der Waals surface area contributed by atoms with Crippen molar-refractivity contribution >= 4 is 28.8 Å². The Kier molecular flexibility index (Phi) is 4.68. The summed E-state index contributed by atoms with van der Waals surface area (Å²) in [6.45, 7) is 0. The standard InChI is InChI=1S/C19H19ClN2O/c20-15-9-10-18(21)17(12-15)14-7-4-8-16(11-14)22-19(23)13-5-2-1-3-6-13/h1-3,5-6,9-12,16H,4,7-8,21H2,(H,22,23). The Labute approximate surface area is 141 Å². The summed E-state index contributed by atoms with van der Waals surface area (Å²) in [5.74, 6) is -0.0489. The van der Waals surface area contributed by atoms with E-state index < -0.39 is 0 Å². The van der Waals surface area contributed by atoms with Crippen molar-refractivity contribution in [1.29, 1.82) is 0 Å². The lowest BCUT2D eigenvalue weighted by atomic mass is 9.90. The molecular formula is C19H19ClN2O. The number of halogens is 1. The number of benzene rings is 2. The van der Waals surface area contributed by atoms with Crippen LogP contribution in [0, 0.1) is 0 Å². The summed E-state index contributed by atoms with van der Waals surface area (Å²) in [6.07, 6.45) is 4.99. The van der Waals surface area contributed by atoms with E-state index in [1.54, 1.807) is 6.07 Å². The van der Waals surface area contributed by atoms with E-state index in [0.717, 1.165) is 36.1 Å². The summed E-state index contributed by atoms with van der Waals surface area (Å²) >= 11 is 6.08. The zero-order chi connectivity index (χ0) is 16.2. The molecule has 0 saturated carbocycles. The summed E-state index contributed by atoms with van der Waals surface area (Å²) in [5.41, 5.74) is 9.58. The van der Waals surface area contributed by atoms with Crippen molar-refractivity contribution < 1.29 is 4.79 Å². The van der Waals surface area contributed by atoms with Crippen LogP contribution in [0.3, 0.4) is 0 Å². The quantitative estimate of drug-likeness (QED) is 0.827. The Balaban J connectivity index is 1.79. The van der Waals surface area contributed by atoms with Crippen molar-refractivity contribution in [3.05, 3.63) is 70.8 Å². The van der Waals surface area contributed by atoms with Crippen molar-refractivity contribution in [2.45, 2.75) is 25.3 Å². The Hall–Kier alpha value is -2.26. The minimum atomic E-state index is -0.0489. The van der Waals surface area contributed by atoms with Gasteiger partial charge in [0, 0.05) is 27.9 Å². The Morgan fingerprint density at radius 1 is 1.17 bits per heavy atom. The number of hydrogen-bond acceptors (Lipinski definition) is 2. The van der Waals surface area contributed by atoms with E-state index in [-0.39, 0.29) is 11.9 Å². The van der Waals surface area contributed by atoms with Crippen molar-refractivity contribution in [2.24, 2.45) is 0 Å². The fraction of sp³-hybridized carbons (Fsp3) is 0.211. The van der Waals surface area contributed by atoms with Crippen LogP contribution in [-0.4, -0.2) is 11.9 Å². The molecular weight excluding hydrogens is 308 g/mol. The van der Waals surface area contributed by atoms with Crippen LogP contribution in [-0.2, 0) is 0 Å². The fourth-order valence-corrected chi connectivity index (χ4v) is 3.08. The first-order valence-electron chi connectivity index (χ1n) is 7.75. The lowest BCUT2D eigenvalue weighted by Crippen LogP contribution is -2.34. The van der Waals surface area contributed by atoms with Crippen LogP contribution >= 0.6 is 11.6 Å². The Morgan fingerprint density at radius 3 is 2.74 bits per heavy atom. The lowest BCUT2D eigenvalue weighted by molar-refractivity contribution is 0.0942. The average molecular weight is 327 g/mol. The molecule has 1 aliphatic carbocycles. The van der Waals surface area contributed by atoms with E-state index in [0.29, 0.717) is 10.6 Å². The molecule has 0 fully saturated rings. The number of rotatable bonds is 3. The van der Waals surface area contributed by atoms with E-state index in [1.165, 1.54) is 0 Å². The van der Waals surface area contributed by atoms with Crippen LogP contribution < -0.4 is 11.1 Å². The first-order chi connectivity index (χ1) is 11.1. The highest BCUT2D eigenvalue weighted by Crippen LogP contribution is 2.32. The number of hydrogen-bond donors (Lipinski definition) is 2. The molecule has 23 heavy (non-hydrogen) atoms. The topological polar surface area (TPSA) is 55.1 Å². The van der Waals surface area contributed by atoms with Gasteiger partial charge in [-0.05, 0) is 55.2 Å². The molecule has 3 rings (SSSR count). The van der Waals surface area contributed by atoms with Gasteiger partial charge in [-0.2, -0.15) is 0 Å². The third-order valence-corrected chi connectivity index (χ3v) is 4.31. The van der Waals surface area contributed by atoms with Gasteiger partial charge in [0.2, 0.25) is 0 Å². The highest BCUT2D eigenvalue weighted by atomic mass is 35.5. The molecule has 1 aliphatic rings. The number of nitrogen functional groups attached to an aromatic ring is 1. The second-order valence-corrected chi connectivity index (χ2v) is 6.20. The van der Waals surface area contributed by atoms with Crippen LogP contribution in [0.2, 0.25) is 5.02 Å². The molecule has 1 amide bonds. The molecule has 0 spiro atoms. The highest BCUT2D eigenvalue weighted by Gasteiger charge is 2.18. The van der Waals surface area contributed by atoms with Crippen LogP contribution in [0.15, 0.2) is 54.6 Å². The predicted molar refractivity (Wildman–Crippen MR) is 95.4 cm³/mol. The summed E-state index contributed by atoms with van der Waals surface area (Å²) in [5, 5.41) is 3.75. The van der Waals surface area contributed by atoms with Gasteiger partial charge in [-0.3, -0.25) is 4.79 Å². The molecule has 0 aromatic heterocycles. The van der Waals surface area contributed by atoms with Crippen molar-refractivity contribution in [3.8, 4) is 0 Å². The number of carbonyl (C=O) groups excluding carboxylic acids is 1. The fourth-order valence-electron chi connectivity index (χ4n) is 2.91. The van der Waals surface area contributed by atoms with Gasteiger partial charge < -0.3 is 11.1 Å². The van der Waals surface area contributed by atoms with Gasteiger partial charge in [-0.15, -0.1) is 0 Å². The second-order valence-electron chi connectivity index (χ2n) is 5.76. The molecule has 0 heterocycles. The number of carbonyl (C=O) groups is 1. The summed E-state index contributed by atoms with van der Waals surface area (Å²) in [7, 11) is 0. The van der Waals surface area contributed by atoms with E-state index >= 15 is 0 Å². The van der Waals surface area contributed by atoms with E-state index in [2.05, 4.69) is 11.4 Å². The minimum absolute atomic E-state index is 0.0184. The third-order valence-electron chi connectivity index (χ3n) is 4.08. The molecule has 2 aromatic carbocycles. The molecule has 3 nitrogen and oxygen atoms in total. The van der Waals surface area contributed by atoms with Crippen molar-refractivity contribution in [2.75, 3.05) is 5.73 Å². The molecule has 4 heteroatoms. The maximum absolute atomic E-state index is 12.3. The minimum Gasteiger partial charge on any atom is -0.398 e. The molecule has 0 bridgehead atoms. The number of amides is 1. The predicted octanol–water partition coefficient (Wildman–Crippen LogP) is 4.29. The first kappa shape index (κ1) is 15.6. The monoisotopic (exact) mass is 326 g/mol. The van der Waals surface area contributed by atoms with Crippen LogP contribution in [0.25, 0.3) is 5.57 Å². The smallest absolute Gasteiger partial charge is 0.251 e. The zero-order valence-electron chi connectivity index (χ0n) is 12.8. The molecule has 1 atom stereocenters. The van der Waals surface area contributed by atoms with Gasteiger partial charge in [0.25, 0.3) is 5.91 Å². The van der Waals surface area contributed by atoms with Gasteiger partial charge in [-0.25, -0.2) is 0 Å². The van der Waals surface area contributed by atoms with Crippen LogP contribution in [0.5, 0.6) is 0 Å². The molecule has 0 aliphatic heterocycles. The molecule has 3 N–H and O–H groups in total. The zero-order valence-corrected chi connectivity index (χ0v) is 13.5. The Morgan fingerprint density at radius 2 is 1.96 bits per heavy atom. The summed E-state index contributed by atoms with van der Waals surface area (Å²) in [4.78, 5) is 12.3.